The van der Waals surface area contributed by atoms with Gasteiger partial charge in [0, 0.05) is 24.0 Å². The lowest BCUT2D eigenvalue weighted by Gasteiger charge is -2.17. The third-order valence-corrected chi connectivity index (χ3v) is 2.68. The zero-order valence-corrected chi connectivity index (χ0v) is 8.68. The summed E-state index contributed by atoms with van der Waals surface area (Å²) in [6.45, 7) is 2.26. The molecule has 0 aliphatic carbocycles. The minimum Gasteiger partial charge on any atom is -0.371 e. The first-order valence-electron chi connectivity index (χ1n) is 4.77. The number of nitrogens with one attached hydrogen (secondary N) is 1. The molecule has 0 amide bonds. The number of fused-ring (bicyclic) bond motifs is 3. The first kappa shape index (κ1) is 9.41. The highest BCUT2D eigenvalue weighted by molar-refractivity contribution is 5.85. The minimum absolute atomic E-state index is 0. The van der Waals surface area contributed by atoms with Crippen molar-refractivity contribution in [3.05, 3.63) is 30.3 Å². The molecule has 0 fully saturated rings. The third kappa shape index (κ3) is 1.26. The summed E-state index contributed by atoms with van der Waals surface area (Å²) >= 11 is 0. The summed E-state index contributed by atoms with van der Waals surface area (Å²) in [5.41, 5.74) is 1.35. The molecule has 0 saturated carbocycles. The number of nitrogens with zero attached hydrogens (tertiary/aromatic N) is 1. The van der Waals surface area contributed by atoms with E-state index < -0.39 is 0 Å². The van der Waals surface area contributed by atoms with Crippen LogP contribution in [0.2, 0.25) is 0 Å². The molecular weight excluding hydrogens is 196 g/mol. The molecule has 2 heterocycles. The summed E-state index contributed by atoms with van der Waals surface area (Å²) in [6.07, 6.45) is 1.23. The first-order chi connectivity index (χ1) is 6.45. The van der Waals surface area contributed by atoms with Gasteiger partial charge in [0.1, 0.15) is 5.82 Å². The highest BCUT2D eigenvalue weighted by Crippen LogP contribution is 2.25. The normalized spacial score (nSPS) is 14.3. The molecule has 2 aromatic rings. The fourth-order valence-corrected chi connectivity index (χ4v) is 2.05. The molecule has 3 heteroatoms. The van der Waals surface area contributed by atoms with Crippen LogP contribution < -0.4 is 5.32 Å². The van der Waals surface area contributed by atoms with E-state index in [9.17, 15) is 0 Å². The Morgan fingerprint density at radius 2 is 2.07 bits per heavy atom. The molecule has 0 saturated heterocycles. The van der Waals surface area contributed by atoms with Crippen LogP contribution in [0.15, 0.2) is 30.3 Å². The number of benzene rings is 1. The van der Waals surface area contributed by atoms with Crippen LogP contribution in [0.25, 0.3) is 10.9 Å². The Kier molecular flexibility index (Phi) is 2.38. The van der Waals surface area contributed by atoms with Gasteiger partial charge in [-0.25, -0.2) is 0 Å². The number of halogens is 1. The monoisotopic (exact) mass is 208 g/mol. The van der Waals surface area contributed by atoms with Crippen LogP contribution >= 0.6 is 12.4 Å². The van der Waals surface area contributed by atoms with Crippen LogP contribution in [0.1, 0.15) is 6.42 Å². The van der Waals surface area contributed by atoms with E-state index >= 15 is 0 Å². The van der Waals surface area contributed by atoms with E-state index in [0.29, 0.717) is 0 Å². The summed E-state index contributed by atoms with van der Waals surface area (Å²) in [5.74, 6) is 1.27. The third-order valence-electron chi connectivity index (χ3n) is 2.68. The highest BCUT2D eigenvalue weighted by Gasteiger charge is 2.10. The Morgan fingerprint density at radius 3 is 3.00 bits per heavy atom. The van der Waals surface area contributed by atoms with Gasteiger partial charge in [0.15, 0.2) is 0 Å². The minimum atomic E-state index is 0. The Bertz CT molecular complexity index is 447. The Hall–Kier alpha value is -1.15. The van der Waals surface area contributed by atoms with Crippen molar-refractivity contribution in [2.24, 2.45) is 0 Å². The lowest BCUT2D eigenvalue weighted by atomic mass is 10.2. The van der Waals surface area contributed by atoms with Crippen molar-refractivity contribution in [3.63, 3.8) is 0 Å². The molecule has 0 bridgehead atoms. The van der Waals surface area contributed by atoms with Gasteiger partial charge in [-0.2, -0.15) is 0 Å². The van der Waals surface area contributed by atoms with E-state index in [1.807, 2.05) is 0 Å². The molecule has 3 rings (SSSR count). The second-order valence-electron chi connectivity index (χ2n) is 3.52. The average molecular weight is 209 g/mol. The molecule has 0 radical (unpaired) electrons. The van der Waals surface area contributed by atoms with Crippen molar-refractivity contribution in [3.8, 4) is 0 Å². The van der Waals surface area contributed by atoms with E-state index in [-0.39, 0.29) is 12.4 Å². The zero-order valence-electron chi connectivity index (χ0n) is 7.86. The van der Waals surface area contributed by atoms with Gasteiger partial charge >= 0.3 is 0 Å². The fourth-order valence-electron chi connectivity index (χ4n) is 2.05. The van der Waals surface area contributed by atoms with Crippen LogP contribution in [0.4, 0.5) is 5.82 Å². The van der Waals surface area contributed by atoms with Crippen LogP contribution in [0, 0.1) is 0 Å². The summed E-state index contributed by atoms with van der Waals surface area (Å²) < 4.78 is 2.36. The van der Waals surface area contributed by atoms with Crippen molar-refractivity contribution in [1.29, 1.82) is 0 Å². The highest BCUT2D eigenvalue weighted by atomic mass is 35.5. The van der Waals surface area contributed by atoms with Gasteiger partial charge < -0.3 is 9.88 Å². The van der Waals surface area contributed by atoms with Crippen molar-refractivity contribution in [2.75, 3.05) is 11.9 Å². The van der Waals surface area contributed by atoms with Crippen LogP contribution in [-0.2, 0) is 6.54 Å². The van der Waals surface area contributed by atoms with Gasteiger partial charge in [0.25, 0.3) is 0 Å². The molecule has 1 N–H and O–H groups in total. The Balaban J connectivity index is 0.000000750. The predicted octanol–water partition coefficient (Wildman–Crippen LogP) is 2.88. The van der Waals surface area contributed by atoms with Crippen molar-refractivity contribution >= 4 is 29.1 Å². The lowest BCUT2D eigenvalue weighted by Crippen LogP contribution is -2.16. The Labute approximate surface area is 89.3 Å². The molecule has 1 aliphatic rings. The SMILES string of the molecule is Cl.c1ccc2c(c1)cc1n2CCCN1. The number of hydrogen-bond donors (Lipinski definition) is 1. The molecule has 74 valence electrons. The first-order valence-corrected chi connectivity index (χ1v) is 4.77. The van der Waals surface area contributed by atoms with E-state index in [1.165, 1.54) is 23.1 Å². The van der Waals surface area contributed by atoms with Crippen molar-refractivity contribution < 1.29 is 0 Å². The summed E-state index contributed by atoms with van der Waals surface area (Å²) in [4.78, 5) is 0. The van der Waals surface area contributed by atoms with Crippen LogP contribution in [-0.4, -0.2) is 11.1 Å². The molecule has 0 atom stereocenters. The lowest BCUT2D eigenvalue weighted by molar-refractivity contribution is 0.649. The number of rotatable bonds is 0. The van der Waals surface area contributed by atoms with E-state index in [0.717, 1.165) is 13.1 Å². The molecule has 1 aromatic carbocycles. The molecule has 0 unspecified atom stereocenters. The maximum absolute atomic E-state index is 3.42. The van der Waals surface area contributed by atoms with Crippen molar-refractivity contribution in [1.82, 2.24) is 4.57 Å². The zero-order chi connectivity index (χ0) is 8.67. The van der Waals surface area contributed by atoms with E-state index in [4.69, 9.17) is 0 Å². The van der Waals surface area contributed by atoms with Gasteiger partial charge in [-0.15, -0.1) is 12.4 Å². The molecule has 1 aliphatic heterocycles. The predicted molar refractivity (Wildman–Crippen MR) is 62.3 cm³/mol. The van der Waals surface area contributed by atoms with Gasteiger partial charge in [-0.3, -0.25) is 0 Å². The summed E-state index contributed by atoms with van der Waals surface area (Å²) in [5, 5.41) is 4.75. The number of para-hydroxylation sites is 1. The number of aromatic nitrogens is 1. The maximum Gasteiger partial charge on any atom is 0.106 e. The molecule has 1 aromatic heterocycles. The second-order valence-corrected chi connectivity index (χ2v) is 3.52. The molecule has 14 heavy (non-hydrogen) atoms. The van der Waals surface area contributed by atoms with Crippen LogP contribution in [0.5, 0.6) is 0 Å². The van der Waals surface area contributed by atoms with Crippen LogP contribution in [0.3, 0.4) is 0 Å². The molecule has 2 nitrogen and oxygen atoms in total. The summed E-state index contributed by atoms with van der Waals surface area (Å²) in [7, 11) is 0. The largest absolute Gasteiger partial charge is 0.371 e. The molecule has 0 spiro atoms. The van der Waals surface area contributed by atoms with Gasteiger partial charge in [0.05, 0.1) is 0 Å². The van der Waals surface area contributed by atoms with E-state index in [1.54, 1.807) is 0 Å². The Morgan fingerprint density at radius 1 is 1.21 bits per heavy atom. The standard InChI is InChI=1S/C11H12N2.ClH/c1-2-5-10-9(4-1)8-11-12-6-3-7-13(10)11;/h1-2,4-5,8,12H,3,6-7H2;1H. The number of hydrogen-bond acceptors (Lipinski definition) is 1. The second kappa shape index (κ2) is 3.54. The summed E-state index contributed by atoms with van der Waals surface area (Å²) in [6, 6.07) is 10.8. The van der Waals surface area contributed by atoms with Gasteiger partial charge in [0.2, 0.25) is 0 Å². The molecular formula is C11H13ClN2. The quantitative estimate of drug-likeness (QED) is 0.705. The van der Waals surface area contributed by atoms with Gasteiger partial charge in [-0.05, 0) is 18.6 Å². The smallest absolute Gasteiger partial charge is 0.106 e. The average Bonchev–Trinajstić information content (AvgIpc) is 2.56. The maximum atomic E-state index is 3.42. The van der Waals surface area contributed by atoms with E-state index in [2.05, 4.69) is 40.2 Å². The number of aryl methyl sites for hydroxylation is 1. The number of anilines is 1. The van der Waals surface area contributed by atoms with Gasteiger partial charge in [-0.1, -0.05) is 18.2 Å². The fraction of sp³-hybridized carbons (Fsp3) is 0.273. The topological polar surface area (TPSA) is 17.0 Å². The van der Waals surface area contributed by atoms with Crippen molar-refractivity contribution in [2.45, 2.75) is 13.0 Å².